The summed E-state index contributed by atoms with van der Waals surface area (Å²) in [6.07, 6.45) is 8.56. The number of halogens is 3. The Bertz CT molecular complexity index is 1740. The third kappa shape index (κ3) is 8.70. The van der Waals surface area contributed by atoms with E-state index in [1.165, 1.54) is 18.3 Å². The molecule has 250 valence electrons. The molecule has 0 radical (unpaired) electrons. The van der Waals surface area contributed by atoms with E-state index in [2.05, 4.69) is 46.5 Å². The molecular weight excluding hydrogens is 804 g/mol. The van der Waals surface area contributed by atoms with Gasteiger partial charge in [0.05, 0.1) is 10.0 Å². The lowest BCUT2D eigenvalue weighted by Crippen LogP contribution is -2.38. The van der Waals surface area contributed by atoms with Gasteiger partial charge >= 0.3 is 5.97 Å². The topological polar surface area (TPSA) is 137 Å². The average Bonchev–Trinajstić information content (AvgIpc) is 3.39. The van der Waals surface area contributed by atoms with Crippen LogP contribution in [-0.4, -0.2) is 63.4 Å². The smallest absolute Gasteiger partial charge is 0.335 e. The summed E-state index contributed by atoms with van der Waals surface area (Å²) in [5.74, 6) is 0.835. The lowest BCUT2D eigenvalue weighted by molar-refractivity contribution is 0.0696. The molecule has 1 aromatic carbocycles. The van der Waals surface area contributed by atoms with Gasteiger partial charge < -0.3 is 10.0 Å². The highest BCUT2D eigenvalue weighted by Gasteiger charge is 2.31. The van der Waals surface area contributed by atoms with Crippen LogP contribution in [0.1, 0.15) is 60.9 Å². The zero-order chi connectivity index (χ0) is 33.1. The largest absolute Gasteiger partial charge is 0.478 e. The molecule has 16 heteroatoms. The molecule has 2 fully saturated rings. The van der Waals surface area contributed by atoms with Crippen LogP contribution >= 0.6 is 54.8 Å². The van der Waals surface area contributed by atoms with Gasteiger partial charge in [-0.1, -0.05) is 43.0 Å². The van der Waals surface area contributed by atoms with Crippen LogP contribution in [0.4, 0.5) is 5.82 Å². The highest BCUT2D eigenvalue weighted by molar-refractivity contribution is 9.11. The van der Waals surface area contributed by atoms with E-state index in [-0.39, 0.29) is 21.2 Å². The van der Waals surface area contributed by atoms with Gasteiger partial charge in [0.1, 0.15) is 19.3 Å². The van der Waals surface area contributed by atoms with Crippen LogP contribution in [0.15, 0.2) is 60.6 Å². The molecule has 0 saturated carbocycles. The van der Waals surface area contributed by atoms with Gasteiger partial charge in [0.2, 0.25) is 10.0 Å². The minimum atomic E-state index is -3.82. The second kappa shape index (κ2) is 15.3. The predicted octanol–water partition coefficient (Wildman–Crippen LogP) is 6.99. The Morgan fingerprint density at radius 2 is 1.57 bits per heavy atom. The molecule has 0 unspecified atom stereocenters. The van der Waals surface area contributed by atoms with Crippen molar-refractivity contribution in [2.24, 2.45) is 11.8 Å². The van der Waals surface area contributed by atoms with E-state index >= 15 is 0 Å². The van der Waals surface area contributed by atoms with Gasteiger partial charge in [-0.25, -0.2) is 31.3 Å². The lowest BCUT2D eigenvalue weighted by Gasteiger charge is -2.34. The van der Waals surface area contributed by atoms with Crippen LogP contribution < -0.4 is 9.62 Å². The quantitative estimate of drug-likeness (QED) is 0.199. The number of carbonyl (C=O) groups is 1. The predicted molar refractivity (Wildman–Crippen MR) is 187 cm³/mol. The number of aromatic carboxylic acids is 1. The second-order valence-corrected chi connectivity index (χ2v) is 19.0. The van der Waals surface area contributed by atoms with Crippen molar-refractivity contribution in [1.82, 2.24) is 14.0 Å². The van der Waals surface area contributed by atoms with Crippen molar-refractivity contribution in [1.29, 1.82) is 0 Å². The second-order valence-electron chi connectivity index (χ2n) is 11.7. The maximum Gasteiger partial charge on any atom is 0.335 e. The van der Waals surface area contributed by atoms with Gasteiger partial charge in [-0.05, 0) is 99.2 Å². The van der Waals surface area contributed by atoms with Gasteiger partial charge in [0, 0.05) is 43.4 Å². The monoisotopic (exact) mass is 836 g/mol. The molecule has 10 nitrogen and oxygen atoms in total. The molecule has 2 N–H and O–H groups in total. The molecule has 0 spiro atoms. The Morgan fingerprint density at radius 1 is 0.957 bits per heavy atom. The Kier molecular flexibility index (Phi) is 11.9. The van der Waals surface area contributed by atoms with Crippen LogP contribution in [0, 0.1) is 11.8 Å². The molecule has 2 aliphatic heterocycles. The van der Waals surface area contributed by atoms with E-state index in [4.69, 9.17) is 16.7 Å². The molecule has 0 bridgehead atoms. The van der Waals surface area contributed by atoms with E-state index in [0.29, 0.717) is 43.8 Å². The summed E-state index contributed by atoms with van der Waals surface area (Å²) in [6.45, 7) is 2.79. The maximum absolute atomic E-state index is 13.0. The minimum Gasteiger partial charge on any atom is -0.478 e. The van der Waals surface area contributed by atoms with Crippen molar-refractivity contribution in [3.8, 4) is 0 Å². The van der Waals surface area contributed by atoms with Crippen molar-refractivity contribution < 1.29 is 26.7 Å². The molecule has 3 aromatic rings. The Labute approximate surface area is 295 Å². The first kappa shape index (κ1) is 35.7. The fraction of sp³-hybridized carbons (Fsp3) is 0.467. The fourth-order valence-electron chi connectivity index (χ4n) is 5.97. The molecular formula is C30H35Br2ClN4O6S3. The van der Waals surface area contributed by atoms with Crippen LogP contribution in [0.25, 0.3) is 0 Å². The van der Waals surface area contributed by atoms with E-state index < -0.39 is 26.0 Å². The number of hydrogen-bond acceptors (Lipinski definition) is 8. The summed E-state index contributed by atoms with van der Waals surface area (Å²) >= 11 is 14.0. The van der Waals surface area contributed by atoms with Gasteiger partial charge in [-0.2, -0.15) is 4.31 Å². The first-order chi connectivity index (χ1) is 21.8. The molecule has 2 saturated heterocycles. The van der Waals surface area contributed by atoms with Crippen molar-refractivity contribution in [2.75, 3.05) is 31.1 Å². The fourth-order valence-corrected chi connectivity index (χ4v) is 11.6. The molecule has 0 aliphatic carbocycles. The third-order valence-corrected chi connectivity index (χ3v) is 15.5. The number of rotatable bonds is 12. The number of anilines is 1. The molecule has 46 heavy (non-hydrogen) atoms. The van der Waals surface area contributed by atoms with Crippen LogP contribution in [0.2, 0.25) is 4.34 Å². The molecule has 0 atom stereocenters. The van der Waals surface area contributed by atoms with Gasteiger partial charge in [-0.3, -0.25) is 0 Å². The van der Waals surface area contributed by atoms with Crippen LogP contribution in [-0.2, 0) is 26.6 Å². The van der Waals surface area contributed by atoms with E-state index in [1.807, 2.05) is 0 Å². The number of carboxylic acids is 1. The summed E-state index contributed by atoms with van der Waals surface area (Å²) in [5, 5.41) is 9.03. The van der Waals surface area contributed by atoms with E-state index in [9.17, 15) is 21.6 Å². The SMILES string of the molecule is O=C(O)c1ccc(CNS(=O)(=O)c2cnc(N3CCC(CCCC4CCN(S(=O)(=O)c5cc(Br)c(Cl)s5)CC4)CC3)c(Br)c2)cc1. The number of carboxylic acid groups (broad SMARTS) is 1. The number of hydrogen-bond donors (Lipinski definition) is 2. The molecule has 0 amide bonds. The van der Waals surface area contributed by atoms with Crippen LogP contribution in [0.5, 0.6) is 0 Å². The Hall–Kier alpha value is -1.59. The summed E-state index contributed by atoms with van der Waals surface area (Å²) < 4.78 is 57.9. The lowest BCUT2D eigenvalue weighted by atomic mass is 9.87. The highest BCUT2D eigenvalue weighted by atomic mass is 79.9. The van der Waals surface area contributed by atoms with Gasteiger partial charge in [0.25, 0.3) is 10.0 Å². The van der Waals surface area contributed by atoms with Crippen molar-refractivity contribution in [2.45, 2.75) is 60.6 Å². The number of nitrogens with zero attached hydrogens (tertiary/aromatic N) is 3. The van der Waals surface area contributed by atoms with Crippen molar-refractivity contribution in [3.63, 3.8) is 0 Å². The molecule has 2 aromatic heterocycles. The van der Waals surface area contributed by atoms with E-state index in [1.54, 1.807) is 28.6 Å². The van der Waals surface area contributed by atoms with Crippen molar-refractivity contribution >= 4 is 86.6 Å². The first-order valence-electron chi connectivity index (χ1n) is 15.0. The average molecular weight is 839 g/mol. The summed E-state index contributed by atoms with van der Waals surface area (Å²) in [5.41, 5.74) is 0.781. The number of aromatic nitrogens is 1. The third-order valence-electron chi connectivity index (χ3n) is 8.70. The Balaban J connectivity index is 1.04. The van der Waals surface area contributed by atoms with Gasteiger partial charge in [0.15, 0.2) is 0 Å². The first-order valence-corrected chi connectivity index (χ1v) is 20.7. The number of thiophene rings is 1. The maximum atomic E-state index is 13.0. The number of benzene rings is 1. The molecule has 5 rings (SSSR count). The zero-order valence-corrected chi connectivity index (χ0v) is 31.2. The van der Waals surface area contributed by atoms with Gasteiger partial charge in [-0.15, -0.1) is 11.3 Å². The normalized spacial score (nSPS) is 17.4. The summed E-state index contributed by atoms with van der Waals surface area (Å²) in [4.78, 5) is 17.8. The number of nitrogens with one attached hydrogen (secondary N) is 1. The minimum absolute atomic E-state index is 0.0276. The van der Waals surface area contributed by atoms with E-state index in [0.717, 1.165) is 75.2 Å². The highest BCUT2D eigenvalue weighted by Crippen LogP contribution is 2.37. The summed E-state index contributed by atoms with van der Waals surface area (Å²) in [7, 11) is -7.33. The standard InChI is InChI=1S/C30H35Br2ClN4O6S3/c31-25-17-27(44-28(25)33)46(42,43)37-14-10-21(11-15-37)3-1-2-20-8-12-36(13-9-20)29-26(32)16-24(19-34-29)45(40,41)35-18-22-4-6-23(7-5-22)30(38)39/h4-7,16-17,19-21,35H,1-3,8-15,18H2,(H,38,39). The number of sulfonamides is 2. The zero-order valence-electron chi connectivity index (χ0n) is 24.9. The molecule has 4 heterocycles. The van der Waals surface area contributed by atoms with Crippen molar-refractivity contribution in [3.05, 3.63) is 67.0 Å². The number of pyridine rings is 1. The number of piperidine rings is 2. The summed E-state index contributed by atoms with van der Waals surface area (Å²) in [6, 6.07) is 9.18. The van der Waals surface area contributed by atoms with Crippen LogP contribution in [0.3, 0.4) is 0 Å². The Morgan fingerprint density at radius 3 is 2.11 bits per heavy atom. The molecule has 2 aliphatic rings.